The van der Waals surface area contributed by atoms with Gasteiger partial charge in [0.15, 0.2) is 11.4 Å². The summed E-state index contributed by atoms with van der Waals surface area (Å²) in [4.78, 5) is 30.9. The Morgan fingerprint density at radius 1 is 1.17 bits per heavy atom. The summed E-state index contributed by atoms with van der Waals surface area (Å²) in [5, 5.41) is 1.78. The number of rotatable bonds is 3. The van der Waals surface area contributed by atoms with Crippen LogP contribution in [0.3, 0.4) is 0 Å². The highest BCUT2D eigenvalue weighted by atomic mass is 16.7. The van der Waals surface area contributed by atoms with Gasteiger partial charge in [0.2, 0.25) is 0 Å². The average molecular weight is 333 g/mol. The molecule has 0 aliphatic carbocycles. The third kappa shape index (κ3) is 2.59. The van der Waals surface area contributed by atoms with Crippen LogP contribution in [0.4, 0.5) is 0 Å². The summed E-state index contributed by atoms with van der Waals surface area (Å²) in [6.07, 6.45) is 0.907. The van der Waals surface area contributed by atoms with Crippen LogP contribution in [0.1, 0.15) is 35.4 Å². The van der Waals surface area contributed by atoms with E-state index >= 15 is 0 Å². The lowest BCUT2D eigenvalue weighted by Crippen LogP contribution is -2.48. The molecule has 0 saturated carbocycles. The van der Waals surface area contributed by atoms with E-state index in [1.54, 1.807) is 19.3 Å². The van der Waals surface area contributed by atoms with Crippen molar-refractivity contribution in [1.82, 2.24) is 5.06 Å². The van der Waals surface area contributed by atoms with Crippen LogP contribution in [-0.4, -0.2) is 49.7 Å². The standard InChI is InChI=1S/C18H23NO5/c1-11-9-12(2)14(13(10-11)22-3)15-16(20)18(24-17(15)21)5-7-19(23-4)8-6-18/h9-10,15H,5-8H2,1-4H3. The first-order valence-corrected chi connectivity index (χ1v) is 8.13. The number of nitrogens with zero attached hydrogens (tertiary/aromatic N) is 1. The Kier molecular flexibility index (Phi) is 4.36. The minimum atomic E-state index is -1.03. The highest BCUT2D eigenvalue weighted by molar-refractivity contribution is 6.14. The number of Topliss-reactive ketones (excluding diaryl/α,β-unsaturated/α-hetero) is 1. The first-order valence-electron chi connectivity index (χ1n) is 8.13. The summed E-state index contributed by atoms with van der Waals surface area (Å²) in [7, 11) is 3.15. The molecule has 1 aromatic rings. The molecular weight excluding hydrogens is 310 g/mol. The fraction of sp³-hybridized carbons (Fsp3) is 0.556. The van der Waals surface area contributed by atoms with Crippen LogP contribution in [0.5, 0.6) is 5.75 Å². The van der Waals surface area contributed by atoms with Gasteiger partial charge in [-0.3, -0.25) is 9.59 Å². The molecule has 1 atom stereocenters. The number of ketones is 1. The van der Waals surface area contributed by atoms with Gasteiger partial charge in [-0.05, 0) is 31.0 Å². The zero-order chi connectivity index (χ0) is 17.5. The molecule has 0 aromatic heterocycles. The second kappa shape index (κ2) is 6.18. The van der Waals surface area contributed by atoms with Crippen LogP contribution in [0, 0.1) is 13.8 Å². The Morgan fingerprint density at radius 3 is 2.42 bits per heavy atom. The molecule has 2 fully saturated rings. The van der Waals surface area contributed by atoms with Crippen molar-refractivity contribution in [3.05, 3.63) is 28.8 Å². The molecule has 2 saturated heterocycles. The van der Waals surface area contributed by atoms with E-state index in [4.69, 9.17) is 14.3 Å². The molecule has 6 nitrogen and oxygen atoms in total. The van der Waals surface area contributed by atoms with Crippen molar-refractivity contribution in [2.45, 2.75) is 38.2 Å². The van der Waals surface area contributed by atoms with E-state index in [2.05, 4.69) is 0 Å². The number of piperidine rings is 1. The van der Waals surface area contributed by atoms with E-state index in [0.29, 0.717) is 37.2 Å². The van der Waals surface area contributed by atoms with E-state index in [-0.39, 0.29) is 5.78 Å². The molecule has 1 aromatic carbocycles. The number of benzene rings is 1. The van der Waals surface area contributed by atoms with Gasteiger partial charge < -0.3 is 14.3 Å². The van der Waals surface area contributed by atoms with Crippen molar-refractivity contribution >= 4 is 11.8 Å². The van der Waals surface area contributed by atoms with Gasteiger partial charge in [-0.2, -0.15) is 5.06 Å². The molecule has 0 radical (unpaired) electrons. The van der Waals surface area contributed by atoms with Crippen LogP contribution < -0.4 is 4.74 Å². The number of methoxy groups -OCH3 is 1. The predicted octanol–water partition coefficient (Wildman–Crippen LogP) is 1.92. The summed E-state index contributed by atoms with van der Waals surface area (Å²) < 4.78 is 11.1. The molecule has 2 heterocycles. The van der Waals surface area contributed by atoms with Crippen LogP contribution in [-0.2, 0) is 19.2 Å². The van der Waals surface area contributed by atoms with Crippen molar-refractivity contribution in [1.29, 1.82) is 0 Å². The molecule has 2 aliphatic rings. The first kappa shape index (κ1) is 16.9. The zero-order valence-electron chi connectivity index (χ0n) is 14.5. The average Bonchev–Trinajstić information content (AvgIpc) is 2.79. The highest BCUT2D eigenvalue weighted by Crippen LogP contribution is 2.44. The van der Waals surface area contributed by atoms with Gasteiger partial charge in [0.25, 0.3) is 0 Å². The normalized spacial score (nSPS) is 23.6. The molecule has 6 heteroatoms. The quantitative estimate of drug-likeness (QED) is 0.622. The van der Waals surface area contributed by atoms with Crippen LogP contribution in [0.25, 0.3) is 0 Å². The SMILES string of the molecule is COc1cc(C)cc(C)c1C1C(=O)OC2(CCN(OC)CC2)C1=O. The number of ether oxygens (including phenoxy) is 2. The number of carbonyl (C=O) groups excluding carboxylic acids is 2. The zero-order valence-corrected chi connectivity index (χ0v) is 14.5. The Hall–Kier alpha value is -1.92. The van der Waals surface area contributed by atoms with Gasteiger partial charge in [0.05, 0.1) is 14.2 Å². The summed E-state index contributed by atoms with van der Waals surface area (Å²) in [6.45, 7) is 4.97. The van der Waals surface area contributed by atoms with E-state index in [1.165, 1.54) is 0 Å². The number of hydroxylamine groups is 2. The van der Waals surface area contributed by atoms with Crippen molar-refractivity contribution in [3.63, 3.8) is 0 Å². The van der Waals surface area contributed by atoms with Crippen LogP contribution >= 0.6 is 0 Å². The maximum absolute atomic E-state index is 13.1. The molecule has 130 valence electrons. The molecule has 1 unspecified atom stereocenters. The third-order valence-corrected chi connectivity index (χ3v) is 5.03. The number of carbonyl (C=O) groups is 2. The summed E-state index contributed by atoms with van der Waals surface area (Å²) >= 11 is 0. The molecule has 2 aliphatic heterocycles. The molecular formula is C18H23NO5. The van der Waals surface area contributed by atoms with Gasteiger partial charge in [0, 0.05) is 31.5 Å². The summed E-state index contributed by atoms with van der Waals surface area (Å²) in [5.74, 6) is -0.978. The largest absolute Gasteiger partial charge is 0.496 e. The molecule has 0 amide bonds. The monoisotopic (exact) mass is 333 g/mol. The lowest BCUT2D eigenvalue weighted by Gasteiger charge is -2.35. The highest BCUT2D eigenvalue weighted by Gasteiger charge is 2.57. The summed E-state index contributed by atoms with van der Waals surface area (Å²) in [6, 6.07) is 3.80. The number of aryl methyl sites for hydroxylation is 2. The van der Waals surface area contributed by atoms with Crippen LogP contribution in [0.2, 0.25) is 0 Å². The van der Waals surface area contributed by atoms with Crippen molar-refractivity contribution < 1.29 is 23.9 Å². The second-order valence-electron chi connectivity index (χ2n) is 6.52. The van der Waals surface area contributed by atoms with E-state index < -0.39 is 17.5 Å². The van der Waals surface area contributed by atoms with E-state index in [0.717, 1.165) is 11.1 Å². The number of hydrogen-bond acceptors (Lipinski definition) is 6. The number of hydrogen-bond donors (Lipinski definition) is 0. The van der Waals surface area contributed by atoms with E-state index in [1.807, 2.05) is 26.0 Å². The predicted molar refractivity (Wildman–Crippen MR) is 86.9 cm³/mol. The Balaban J connectivity index is 1.97. The fourth-order valence-electron chi connectivity index (χ4n) is 3.78. The van der Waals surface area contributed by atoms with Gasteiger partial charge in [-0.15, -0.1) is 0 Å². The maximum Gasteiger partial charge on any atom is 0.322 e. The smallest absolute Gasteiger partial charge is 0.322 e. The van der Waals surface area contributed by atoms with Crippen molar-refractivity contribution in [3.8, 4) is 5.75 Å². The third-order valence-electron chi connectivity index (χ3n) is 5.03. The minimum Gasteiger partial charge on any atom is -0.496 e. The Bertz CT molecular complexity index is 676. The molecule has 0 bridgehead atoms. The minimum absolute atomic E-state index is 0.159. The maximum atomic E-state index is 13.1. The van der Waals surface area contributed by atoms with Crippen LogP contribution in [0.15, 0.2) is 12.1 Å². The van der Waals surface area contributed by atoms with Crippen molar-refractivity contribution in [2.75, 3.05) is 27.3 Å². The first-order chi connectivity index (χ1) is 11.4. The molecule has 3 rings (SSSR count). The van der Waals surface area contributed by atoms with Gasteiger partial charge in [-0.1, -0.05) is 6.07 Å². The second-order valence-corrected chi connectivity index (χ2v) is 6.52. The molecule has 0 N–H and O–H groups in total. The van der Waals surface area contributed by atoms with Crippen molar-refractivity contribution in [2.24, 2.45) is 0 Å². The molecule has 1 spiro atoms. The lowest BCUT2D eigenvalue weighted by atomic mass is 9.80. The fourth-order valence-corrected chi connectivity index (χ4v) is 3.78. The Morgan fingerprint density at radius 2 is 1.83 bits per heavy atom. The lowest BCUT2D eigenvalue weighted by molar-refractivity contribution is -0.184. The summed E-state index contributed by atoms with van der Waals surface area (Å²) in [5.41, 5.74) is 1.49. The van der Waals surface area contributed by atoms with E-state index in [9.17, 15) is 9.59 Å². The van der Waals surface area contributed by atoms with Gasteiger partial charge >= 0.3 is 5.97 Å². The Labute approximate surface area is 141 Å². The van der Waals surface area contributed by atoms with Gasteiger partial charge in [-0.25, -0.2) is 0 Å². The topological polar surface area (TPSA) is 65.1 Å². The van der Waals surface area contributed by atoms with Gasteiger partial charge in [0.1, 0.15) is 11.7 Å². The molecule has 24 heavy (non-hydrogen) atoms. The number of esters is 1.